The van der Waals surface area contributed by atoms with Gasteiger partial charge in [-0.25, -0.2) is 0 Å². The average Bonchev–Trinajstić information content (AvgIpc) is 2.52. The molecular formula is C17H24NO3S-. The molecule has 4 nitrogen and oxygen atoms in total. The van der Waals surface area contributed by atoms with Crippen molar-refractivity contribution in [3.05, 3.63) is 54.1 Å². The second-order valence-corrected chi connectivity index (χ2v) is 5.41. The van der Waals surface area contributed by atoms with Crippen LogP contribution in [0.4, 0.5) is 5.69 Å². The molecule has 0 aliphatic heterocycles. The Morgan fingerprint density at radius 3 is 1.91 bits per heavy atom. The Morgan fingerprint density at radius 2 is 1.59 bits per heavy atom. The van der Waals surface area contributed by atoms with Gasteiger partial charge in [-0.3, -0.25) is 4.21 Å². The molecule has 0 saturated heterocycles. The summed E-state index contributed by atoms with van der Waals surface area (Å²) in [7, 11) is 1.53. The number of rotatable bonds is 2. The number of benzene rings is 2. The van der Waals surface area contributed by atoms with E-state index in [1.165, 1.54) is 25.7 Å². The lowest BCUT2D eigenvalue weighted by molar-refractivity contribution is 0.414. The molecule has 2 N–H and O–H groups in total. The van der Waals surface area contributed by atoms with E-state index in [-0.39, 0.29) is 4.90 Å². The van der Waals surface area contributed by atoms with Crippen LogP contribution in [0.25, 0.3) is 0 Å². The molecule has 0 heterocycles. The summed E-state index contributed by atoms with van der Waals surface area (Å²) < 4.78 is 25.6. The minimum Gasteiger partial charge on any atom is -0.768 e. The number of nitrogen functional groups attached to an aromatic ring is 1. The molecule has 0 amide bonds. The molecule has 0 aliphatic carbocycles. The number of methoxy groups -OCH3 is 1. The van der Waals surface area contributed by atoms with Gasteiger partial charge < -0.3 is 15.0 Å². The van der Waals surface area contributed by atoms with Crippen molar-refractivity contribution in [3.63, 3.8) is 0 Å². The zero-order valence-electron chi connectivity index (χ0n) is 13.5. The van der Waals surface area contributed by atoms with Gasteiger partial charge >= 0.3 is 0 Å². The first-order chi connectivity index (χ1) is 10.5. The van der Waals surface area contributed by atoms with Crippen molar-refractivity contribution in [2.24, 2.45) is 0 Å². The van der Waals surface area contributed by atoms with Crippen LogP contribution in [0.2, 0.25) is 0 Å². The summed E-state index contributed by atoms with van der Waals surface area (Å²) in [5.41, 5.74) is 7.53. The van der Waals surface area contributed by atoms with Gasteiger partial charge in [0.2, 0.25) is 0 Å². The Labute approximate surface area is 135 Å². The van der Waals surface area contributed by atoms with Crippen LogP contribution in [0.15, 0.2) is 53.4 Å². The number of anilines is 1. The molecule has 0 aromatic heterocycles. The largest absolute Gasteiger partial charge is 0.768 e. The van der Waals surface area contributed by atoms with E-state index in [1.54, 1.807) is 12.1 Å². The smallest absolute Gasteiger partial charge is 0.118 e. The SMILES string of the molecule is CCC.COc1ccc(S(=O)[O-])cc1.Cc1ccccc1N. The fraction of sp³-hybridized carbons (Fsp3) is 0.294. The van der Waals surface area contributed by atoms with Crippen LogP contribution in [0.5, 0.6) is 5.75 Å². The second-order valence-electron chi connectivity index (χ2n) is 4.47. The lowest BCUT2D eigenvalue weighted by Gasteiger charge is -2.04. The Kier molecular flexibility index (Phi) is 10.8. The summed E-state index contributed by atoms with van der Waals surface area (Å²) in [6.45, 7) is 6.25. The molecule has 0 saturated carbocycles. The van der Waals surface area contributed by atoms with Gasteiger partial charge in [0.05, 0.1) is 7.11 Å². The van der Waals surface area contributed by atoms with Crippen LogP contribution >= 0.6 is 0 Å². The van der Waals surface area contributed by atoms with E-state index >= 15 is 0 Å². The lowest BCUT2D eigenvalue weighted by Crippen LogP contribution is -1.88. The van der Waals surface area contributed by atoms with Gasteiger partial charge in [-0.15, -0.1) is 0 Å². The van der Waals surface area contributed by atoms with E-state index < -0.39 is 11.1 Å². The Morgan fingerprint density at radius 1 is 1.09 bits per heavy atom. The quantitative estimate of drug-likeness (QED) is 0.671. The van der Waals surface area contributed by atoms with Gasteiger partial charge in [-0.2, -0.15) is 0 Å². The summed E-state index contributed by atoms with van der Waals surface area (Å²) in [4.78, 5) is 0.269. The number of aryl methyl sites for hydroxylation is 1. The van der Waals surface area contributed by atoms with E-state index in [9.17, 15) is 8.76 Å². The summed E-state index contributed by atoms with van der Waals surface area (Å²) >= 11 is -2.14. The van der Waals surface area contributed by atoms with Crippen LogP contribution in [-0.4, -0.2) is 15.9 Å². The highest BCUT2D eigenvalue weighted by Crippen LogP contribution is 2.12. The van der Waals surface area contributed by atoms with Crippen molar-refractivity contribution >= 4 is 16.8 Å². The monoisotopic (exact) mass is 322 g/mol. The number of hydrogen-bond donors (Lipinski definition) is 1. The molecule has 0 spiro atoms. The van der Waals surface area contributed by atoms with E-state index in [1.807, 2.05) is 31.2 Å². The van der Waals surface area contributed by atoms with Gasteiger partial charge in [0.15, 0.2) is 0 Å². The van der Waals surface area contributed by atoms with Crippen molar-refractivity contribution in [2.75, 3.05) is 12.8 Å². The Hall–Kier alpha value is -1.85. The van der Waals surface area contributed by atoms with Crippen molar-refractivity contribution in [2.45, 2.75) is 32.1 Å². The molecule has 122 valence electrons. The van der Waals surface area contributed by atoms with Gasteiger partial charge in [0.1, 0.15) is 5.75 Å². The maximum absolute atomic E-state index is 10.4. The minimum absolute atomic E-state index is 0.269. The molecule has 1 atom stereocenters. The maximum atomic E-state index is 10.4. The molecule has 0 fully saturated rings. The molecule has 1 unspecified atom stereocenters. The van der Waals surface area contributed by atoms with Gasteiger partial charge in [0, 0.05) is 10.6 Å². The summed E-state index contributed by atoms with van der Waals surface area (Å²) in [6, 6.07) is 14.0. The number of ether oxygens (including phenoxy) is 1. The van der Waals surface area contributed by atoms with Crippen molar-refractivity contribution in [1.29, 1.82) is 0 Å². The molecular weight excluding hydrogens is 298 g/mol. The first-order valence-electron chi connectivity index (χ1n) is 7.00. The highest BCUT2D eigenvalue weighted by atomic mass is 32.2. The second kappa shape index (κ2) is 11.8. The first kappa shape index (κ1) is 20.2. The third kappa shape index (κ3) is 8.44. The normalized spacial score (nSPS) is 10.4. The van der Waals surface area contributed by atoms with Crippen LogP contribution in [0, 0.1) is 6.92 Å². The third-order valence-electron chi connectivity index (χ3n) is 2.44. The standard InChI is InChI=1S/C7H9N.C7H8O3S.C3H8/c1-6-4-2-3-5-7(6)8;1-10-6-2-4-7(5-3-6)11(8)9;1-3-2/h2-5H,8H2,1H3;2-5H,1H3,(H,8,9);3H2,1-2H3/p-1. The highest BCUT2D eigenvalue weighted by Gasteiger charge is 1.92. The van der Waals surface area contributed by atoms with E-state index in [0.29, 0.717) is 5.75 Å². The summed E-state index contributed by atoms with van der Waals surface area (Å²) in [5, 5.41) is 0. The van der Waals surface area contributed by atoms with E-state index in [2.05, 4.69) is 13.8 Å². The summed E-state index contributed by atoms with van der Waals surface area (Å²) in [5.74, 6) is 0.652. The first-order valence-corrected chi connectivity index (χ1v) is 8.08. The average molecular weight is 322 g/mol. The predicted molar refractivity (Wildman–Crippen MR) is 91.7 cm³/mol. The molecule has 0 radical (unpaired) electrons. The minimum atomic E-state index is -2.14. The van der Waals surface area contributed by atoms with Crippen LogP contribution in [-0.2, 0) is 11.1 Å². The Balaban J connectivity index is 0.000000352. The predicted octanol–water partition coefficient (Wildman–Crippen LogP) is 3.93. The van der Waals surface area contributed by atoms with E-state index in [0.717, 1.165) is 11.3 Å². The number of para-hydroxylation sites is 1. The van der Waals surface area contributed by atoms with Crippen LogP contribution in [0.1, 0.15) is 25.8 Å². The topological polar surface area (TPSA) is 75.4 Å². The van der Waals surface area contributed by atoms with E-state index in [4.69, 9.17) is 10.5 Å². The molecule has 0 bridgehead atoms. The molecule has 2 aromatic rings. The molecule has 2 rings (SSSR count). The maximum Gasteiger partial charge on any atom is 0.118 e. The van der Waals surface area contributed by atoms with Crippen molar-refractivity contribution in [1.82, 2.24) is 0 Å². The van der Waals surface area contributed by atoms with Gasteiger partial charge in [-0.1, -0.05) is 38.5 Å². The summed E-state index contributed by atoms with van der Waals surface area (Å²) in [6.07, 6.45) is 1.25. The Bertz CT molecular complexity index is 535. The zero-order chi connectivity index (χ0) is 17.0. The van der Waals surface area contributed by atoms with Gasteiger partial charge in [-0.05, 0) is 53.9 Å². The fourth-order valence-corrected chi connectivity index (χ4v) is 1.63. The third-order valence-corrected chi connectivity index (χ3v) is 3.10. The van der Waals surface area contributed by atoms with Crippen LogP contribution < -0.4 is 10.5 Å². The molecule has 5 heteroatoms. The van der Waals surface area contributed by atoms with Crippen molar-refractivity contribution < 1.29 is 13.5 Å². The highest BCUT2D eigenvalue weighted by molar-refractivity contribution is 7.79. The zero-order valence-corrected chi connectivity index (χ0v) is 14.4. The van der Waals surface area contributed by atoms with Crippen molar-refractivity contribution in [3.8, 4) is 5.75 Å². The lowest BCUT2D eigenvalue weighted by atomic mass is 10.2. The number of hydrogen-bond acceptors (Lipinski definition) is 4. The van der Waals surface area contributed by atoms with Crippen LogP contribution in [0.3, 0.4) is 0 Å². The molecule has 2 aromatic carbocycles. The fourth-order valence-electron chi connectivity index (χ4n) is 1.27. The molecule has 0 aliphatic rings. The van der Waals surface area contributed by atoms with Gasteiger partial charge in [0.25, 0.3) is 0 Å². The molecule has 22 heavy (non-hydrogen) atoms. The number of nitrogens with two attached hydrogens (primary N) is 1.